The lowest BCUT2D eigenvalue weighted by atomic mass is 9.98. The summed E-state index contributed by atoms with van der Waals surface area (Å²) in [5, 5.41) is 23.8. The van der Waals surface area contributed by atoms with Crippen LogP contribution >= 0.6 is 0 Å². The highest BCUT2D eigenvalue weighted by Gasteiger charge is 2.39. The molecule has 0 saturated heterocycles. The largest absolute Gasteiger partial charge is 0.467 e. The summed E-state index contributed by atoms with van der Waals surface area (Å²) in [5.41, 5.74) is 2.04. The molecule has 192 valence electrons. The number of amides is 1. The molecule has 1 aromatic carbocycles. The molecule has 2 aromatic heterocycles. The molecule has 2 heterocycles. The minimum absolute atomic E-state index is 0.366. The number of ether oxygens (including phenoxy) is 2. The Labute approximate surface area is 215 Å². The smallest absolute Gasteiger partial charge is 0.408 e. The fourth-order valence-corrected chi connectivity index (χ4v) is 4.16. The average molecular weight is 504 g/mol. The second-order valence-electron chi connectivity index (χ2n) is 9.96. The lowest BCUT2D eigenvalue weighted by molar-refractivity contribution is -0.148. The zero-order chi connectivity index (χ0) is 26.9. The Bertz CT molecular complexity index is 1360. The number of carbonyl (C=O) groups is 2. The van der Waals surface area contributed by atoms with Crippen LogP contribution in [0.25, 0.3) is 11.3 Å². The third-order valence-electron chi connectivity index (χ3n) is 6.17. The van der Waals surface area contributed by atoms with Crippen molar-refractivity contribution in [1.82, 2.24) is 19.7 Å². The van der Waals surface area contributed by atoms with E-state index in [2.05, 4.69) is 16.2 Å². The number of methoxy groups -OCH3 is 1. The third kappa shape index (κ3) is 5.40. The molecule has 4 rings (SSSR count). The molecule has 1 aliphatic carbocycles. The van der Waals surface area contributed by atoms with E-state index < -0.39 is 23.6 Å². The van der Waals surface area contributed by atoms with Gasteiger partial charge in [-0.1, -0.05) is 6.07 Å². The van der Waals surface area contributed by atoms with Crippen molar-refractivity contribution in [3.63, 3.8) is 0 Å². The molecule has 37 heavy (non-hydrogen) atoms. The average Bonchev–Trinajstić information content (AvgIpc) is 3.64. The van der Waals surface area contributed by atoms with Gasteiger partial charge in [-0.25, -0.2) is 14.3 Å². The summed E-state index contributed by atoms with van der Waals surface area (Å²) in [7, 11) is 3.02. The first-order chi connectivity index (χ1) is 17.5. The molecule has 1 amide bonds. The number of nitrogens with zero attached hydrogens (tertiary/aromatic N) is 5. The normalized spacial score (nSPS) is 13.9. The van der Waals surface area contributed by atoms with Crippen molar-refractivity contribution >= 4 is 12.1 Å². The molecule has 1 fully saturated rings. The number of aromatic nitrogens is 3. The minimum atomic E-state index is -1.25. The molecule has 1 aliphatic rings. The quantitative estimate of drug-likeness (QED) is 0.445. The number of pyridine rings is 1. The fraction of sp³-hybridized carbons (Fsp3) is 0.370. The maximum atomic E-state index is 12.7. The maximum Gasteiger partial charge on any atom is 0.408 e. The van der Waals surface area contributed by atoms with Gasteiger partial charge in [0.15, 0.2) is 6.04 Å². The van der Waals surface area contributed by atoms with E-state index in [4.69, 9.17) is 9.47 Å². The van der Waals surface area contributed by atoms with Crippen LogP contribution in [0.2, 0.25) is 0 Å². The van der Waals surface area contributed by atoms with Crippen molar-refractivity contribution in [2.75, 3.05) is 7.11 Å². The van der Waals surface area contributed by atoms with Gasteiger partial charge in [0.05, 0.1) is 30.1 Å². The molecule has 0 bridgehead atoms. The van der Waals surface area contributed by atoms with E-state index in [1.54, 1.807) is 62.8 Å². The van der Waals surface area contributed by atoms with Crippen molar-refractivity contribution < 1.29 is 24.2 Å². The summed E-state index contributed by atoms with van der Waals surface area (Å²) < 4.78 is 12.8. The van der Waals surface area contributed by atoms with Gasteiger partial charge in [-0.15, -0.1) is 0 Å². The number of esters is 1. The predicted octanol–water partition coefficient (Wildman–Crippen LogP) is 5.02. The van der Waals surface area contributed by atoms with Crippen molar-refractivity contribution in [2.45, 2.75) is 51.1 Å². The van der Waals surface area contributed by atoms with E-state index in [-0.39, 0.29) is 0 Å². The molecular formula is C27H29N5O5. The fourth-order valence-electron chi connectivity index (χ4n) is 4.16. The molecule has 1 unspecified atom stereocenters. The first-order valence-corrected chi connectivity index (χ1v) is 11.9. The second kappa shape index (κ2) is 9.93. The summed E-state index contributed by atoms with van der Waals surface area (Å²) in [6.07, 6.45) is 2.43. The van der Waals surface area contributed by atoms with Crippen molar-refractivity contribution in [2.24, 2.45) is 7.05 Å². The Morgan fingerprint density at radius 2 is 1.95 bits per heavy atom. The van der Waals surface area contributed by atoms with E-state index in [1.807, 2.05) is 6.07 Å². The molecule has 1 atom stereocenters. The first-order valence-electron chi connectivity index (χ1n) is 11.9. The SMILES string of the molecule is COC(=O)C(c1ccc(-c2ccc(C#N)cc2Oc2cc(C3CC3)nn2C)nc1)N(C(=O)O)C(C)(C)C. The number of aryl methyl sites for hydroxylation is 1. The highest BCUT2D eigenvalue weighted by Crippen LogP contribution is 2.41. The standard InChI is InChI=1S/C27H29N5O5/c1-27(2,3)32(26(34)35)24(25(33)36-5)18-9-11-20(29-15-18)19-10-6-16(14-28)12-22(19)37-23-13-21(17-7-8-17)30-31(23)4/h6,9-13,15,17,24H,7-8H2,1-5H3,(H,34,35). The van der Waals surface area contributed by atoms with Crippen molar-refractivity contribution in [1.29, 1.82) is 5.26 Å². The zero-order valence-corrected chi connectivity index (χ0v) is 21.4. The van der Waals surface area contributed by atoms with Crippen LogP contribution in [0.1, 0.15) is 62.4 Å². The monoisotopic (exact) mass is 503 g/mol. The van der Waals surface area contributed by atoms with Crippen LogP contribution < -0.4 is 4.74 Å². The van der Waals surface area contributed by atoms with Gasteiger partial charge in [-0.2, -0.15) is 10.4 Å². The highest BCUT2D eigenvalue weighted by molar-refractivity contribution is 5.83. The van der Waals surface area contributed by atoms with Gasteiger partial charge in [-0.3, -0.25) is 9.88 Å². The number of rotatable bonds is 7. The summed E-state index contributed by atoms with van der Waals surface area (Å²) in [6.45, 7) is 5.10. The Kier molecular flexibility index (Phi) is 6.90. The molecule has 10 heteroatoms. The van der Waals surface area contributed by atoms with Crippen molar-refractivity contribution in [3.8, 4) is 29.0 Å². The number of nitriles is 1. The third-order valence-corrected chi connectivity index (χ3v) is 6.17. The summed E-state index contributed by atoms with van der Waals surface area (Å²) in [6, 6.07) is 11.2. The van der Waals surface area contributed by atoms with Crippen LogP contribution in [-0.4, -0.2) is 49.5 Å². The number of carboxylic acid groups (broad SMARTS) is 1. The second-order valence-corrected chi connectivity index (χ2v) is 9.96. The van der Waals surface area contributed by atoms with E-state index >= 15 is 0 Å². The van der Waals surface area contributed by atoms with E-state index in [9.17, 15) is 20.0 Å². The van der Waals surface area contributed by atoms with E-state index in [0.717, 1.165) is 23.4 Å². The Morgan fingerprint density at radius 1 is 1.22 bits per heavy atom. The van der Waals surface area contributed by atoms with Crippen LogP contribution in [0.15, 0.2) is 42.6 Å². The number of carbonyl (C=O) groups excluding carboxylic acids is 1. The van der Waals surface area contributed by atoms with Crippen LogP contribution in [0.4, 0.5) is 4.79 Å². The maximum absolute atomic E-state index is 12.7. The molecule has 10 nitrogen and oxygen atoms in total. The molecule has 1 N–H and O–H groups in total. The lowest BCUT2D eigenvalue weighted by Crippen LogP contribution is -2.49. The summed E-state index contributed by atoms with van der Waals surface area (Å²) in [4.78, 5) is 30.3. The molecular weight excluding hydrogens is 474 g/mol. The molecule has 0 spiro atoms. The van der Waals surface area contributed by atoms with Crippen LogP contribution in [0.5, 0.6) is 11.6 Å². The molecule has 0 aliphatic heterocycles. The Morgan fingerprint density at radius 3 is 2.49 bits per heavy atom. The number of hydrogen-bond donors (Lipinski definition) is 1. The predicted molar refractivity (Wildman–Crippen MR) is 134 cm³/mol. The molecule has 0 radical (unpaired) electrons. The summed E-state index contributed by atoms with van der Waals surface area (Å²) >= 11 is 0. The van der Waals surface area contributed by atoms with Gasteiger partial charge in [-0.05, 0) is 57.9 Å². The van der Waals surface area contributed by atoms with Crippen LogP contribution in [0, 0.1) is 11.3 Å². The van der Waals surface area contributed by atoms with Gasteiger partial charge in [0.2, 0.25) is 5.88 Å². The molecule has 3 aromatic rings. The highest BCUT2D eigenvalue weighted by atomic mass is 16.5. The number of benzene rings is 1. The zero-order valence-electron chi connectivity index (χ0n) is 21.4. The Balaban J connectivity index is 1.71. The van der Waals surface area contributed by atoms with Gasteiger partial charge >= 0.3 is 12.1 Å². The molecule has 1 saturated carbocycles. The van der Waals surface area contributed by atoms with E-state index in [1.165, 1.54) is 13.3 Å². The van der Waals surface area contributed by atoms with Gasteiger partial charge in [0.1, 0.15) is 5.75 Å². The van der Waals surface area contributed by atoms with Crippen LogP contribution in [-0.2, 0) is 16.6 Å². The van der Waals surface area contributed by atoms with E-state index in [0.29, 0.717) is 39.9 Å². The first kappa shape index (κ1) is 25.7. The van der Waals surface area contributed by atoms with Crippen molar-refractivity contribution in [3.05, 3.63) is 59.4 Å². The van der Waals surface area contributed by atoms with Gasteiger partial charge in [0, 0.05) is 41.9 Å². The lowest BCUT2D eigenvalue weighted by Gasteiger charge is -2.38. The Hall–Kier alpha value is -4.39. The summed E-state index contributed by atoms with van der Waals surface area (Å²) in [5.74, 6) is 0.722. The van der Waals surface area contributed by atoms with Gasteiger partial charge in [0.25, 0.3) is 0 Å². The van der Waals surface area contributed by atoms with Gasteiger partial charge < -0.3 is 14.6 Å². The topological polar surface area (TPSA) is 131 Å². The van der Waals surface area contributed by atoms with Crippen LogP contribution in [0.3, 0.4) is 0 Å². The minimum Gasteiger partial charge on any atom is -0.467 e. The number of hydrogen-bond acceptors (Lipinski definition) is 7.